The monoisotopic (exact) mass is 130 g/mol. The first kappa shape index (κ1) is 10.6. The molecular formula is C3H6CaO3+2. The molecule has 1 unspecified atom stereocenters. The molecule has 0 spiro atoms. The molecule has 0 aliphatic heterocycles. The van der Waals surface area contributed by atoms with E-state index in [2.05, 4.69) is 0 Å². The maximum Gasteiger partial charge on any atom is 2.00 e. The summed E-state index contributed by atoms with van der Waals surface area (Å²) in [7, 11) is 0. The standard InChI is InChI=1S/C3H6O3.Ca/c1-2(4)3(5)6;/h2,4H,1H3,(H,5,6);/q;+2. The van der Waals surface area contributed by atoms with Gasteiger partial charge in [0.2, 0.25) is 0 Å². The van der Waals surface area contributed by atoms with Crippen LogP contribution in [0.5, 0.6) is 0 Å². The first-order valence-electron chi connectivity index (χ1n) is 1.55. The second kappa shape index (κ2) is 4.84. The van der Waals surface area contributed by atoms with E-state index in [4.69, 9.17) is 10.2 Å². The van der Waals surface area contributed by atoms with Gasteiger partial charge in [-0.15, -0.1) is 0 Å². The van der Waals surface area contributed by atoms with Crippen molar-refractivity contribution in [2.45, 2.75) is 13.0 Å². The van der Waals surface area contributed by atoms with Gasteiger partial charge >= 0.3 is 43.7 Å². The van der Waals surface area contributed by atoms with Gasteiger partial charge in [0, 0.05) is 0 Å². The number of carboxylic acids is 1. The molecule has 0 amide bonds. The number of aliphatic hydroxyl groups excluding tert-OH is 1. The average Bonchev–Trinajstić information content (AvgIpc) is 1.36. The predicted molar refractivity (Wildman–Crippen MR) is 25.1 cm³/mol. The van der Waals surface area contributed by atoms with Gasteiger partial charge in [0.25, 0.3) is 0 Å². The average molecular weight is 130 g/mol. The van der Waals surface area contributed by atoms with E-state index in [0.717, 1.165) is 0 Å². The summed E-state index contributed by atoms with van der Waals surface area (Å²) < 4.78 is 0. The zero-order valence-electron chi connectivity index (χ0n) is 4.09. The van der Waals surface area contributed by atoms with Crippen molar-refractivity contribution in [2.75, 3.05) is 0 Å². The van der Waals surface area contributed by atoms with Crippen LogP contribution in [0.2, 0.25) is 0 Å². The Bertz CT molecular complexity index is 61.2. The molecule has 4 heteroatoms. The maximum absolute atomic E-state index is 9.45. The molecule has 0 radical (unpaired) electrons. The summed E-state index contributed by atoms with van der Waals surface area (Å²) in [5.41, 5.74) is 0. The van der Waals surface area contributed by atoms with Gasteiger partial charge in [-0.3, -0.25) is 0 Å². The molecule has 1 atom stereocenters. The summed E-state index contributed by atoms with van der Waals surface area (Å²) in [6, 6.07) is 0. The van der Waals surface area contributed by atoms with Crippen LogP contribution >= 0.6 is 0 Å². The molecule has 0 bridgehead atoms. The molecule has 3 nitrogen and oxygen atoms in total. The summed E-state index contributed by atoms with van der Waals surface area (Å²) in [5.74, 6) is -1.19. The smallest absolute Gasteiger partial charge is 0.479 e. The van der Waals surface area contributed by atoms with Crippen molar-refractivity contribution >= 4 is 43.7 Å². The van der Waals surface area contributed by atoms with Crippen LogP contribution in [-0.4, -0.2) is 60.0 Å². The van der Waals surface area contributed by atoms with Gasteiger partial charge in [-0.2, -0.15) is 0 Å². The van der Waals surface area contributed by atoms with Crippen LogP contribution < -0.4 is 0 Å². The van der Waals surface area contributed by atoms with Gasteiger partial charge in [-0.1, -0.05) is 0 Å². The Balaban J connectivity index is 0. The Morgan fingerprint density at radius 2 is 1.86 bits per heavy atom. The zero-order valence-corrected chi connectivity index (χ0v) is 6.30. The van der Waals surface area contributed by atoms with Crippen LogP contribution in [0.3, 0.4) is 0 Å². The molecule has 0 aromatic carbocycles. The molecule has 0 heterocycles. The minimum atomic E-state index is -1.23. The van der Waals surface area contributed by atoms with Crippen molar-refractivity contribution in [1.29, 1.82) is 0 Å². The second-order valence-electron chi connectivity index (χ2n) is 1.01. The summed E-state index contributed by atoms with van der Waals surface area (Å²) in [6.45, 7) is 1.20. The third-order valence-corrected chi connectivity index (χ3v) is 0.357. The van der Waals surface area contributed by atoms with E-state index in [-0.39, 0.29) is 37.7 Å². The first-order valence-corrected chi connectivity index (χ1v) is 1.55. The Morgan fingerprint density at radius 1 is 1.71 bits per heavy atom. The Labute approximate surface area is 71.3 Å². The Hall–Kier alpha value is 0.690. The van der Waals surface area contributed by atoms with Gasteiger partial charge in [-0.05, 0) is 6.92 Å². The van der Waals surface area contributed by atoms with Crippen molar-refractivity contribution in [3.05, 3.63) is 0 Å². The number of rotatable bonds is 1. The molecule has 36 valence electrons. The molecule has 0 fully saturated rings. The number of hydrogen-bond acceptors (Lipinski definition) is 2. The largest absolute Gasteiger partial charge is 2.00 e. The molecular weight excluding hydrogens is 124 g/mol. The Kier molecular flexibility index (Phi) is 7.35. The van der Waals surface area contributed by atoms with Crippen molar-refractivity contribution in [3.8, 4) is 0 Å². The van der Waals surface area contributed by atoms with Crippen LogP contribution in [0, 0.1) is 0 Å². The number of carbonyl (C=O) groups is 1. The molecule has 2 N–H and O–H groups in total. The number of carboxylic acid groups (broad SMARTS) is 1. The van der Waals surface area contributed by atoms with E-state index >= 15 is 0 Å². The summed E-state index contributed by atoms with van der Waals surface area (Å²) in [4.78, 5) is 9.45. The van der Waals surface area contributed by atoms with E-state index in [9.17, 15) is 4.79 Å². The van der Waals surface area contributed by atoms with Crippen LogP contribution in [-0.2, 0) is 4.79 Å². The van der Waals surface area contributed by atoms with Gasteiger partial charge in [0.1, 0.15) is 6.10 Å². The third kappa shape index (κ3) is 6.69. The summed E-state index contributed by atoms with van der Waals surface area (Å²) in [5, 5.41) is 15.8. The molecule has 0 saturated heterocycles. The van der Waals surface area contributed by atoms with Gasteiger partial charge in [0.15, 0.2) is 0 Å². The number of aliphatic carboxylic acids is 1. The minimum Gasteiger partial charge on any atom is -0.479 e. The van der Waals surface area contributed by atoms with Crippen LogP contribution in [0.4, 0.5) is 0 Å². The fourth-order valence-electron chi connectivity index (χ4n) is 0. The number of aliphatic hydroxyl groups is 1. The third-order valence-electron chi connectivity index (χ3n) is 0.357. The molecule has 0 aliphatic carbocycles. The van der Waals surface area contributed by atoms with E-state index in [0.29, 0.717) is 0 Å². The van der Waals surface area contributed by atoms with Crippen molar-refractivity contribution in [2.24, 2.45) is 0 Å². The quantitative estimate of drug-likeness (QED) is 0.451. The van der Waals surface area contributed by atoms with Gasteiger partial charge < -0.3 is 10.2 Å². The molecule has 0 rings (SSSR count). The van der Waals surface area contributed by atoms with Crippen LogP contribution in [0.25, 0.3) is 0 Å². The maximum atomic E-state index is 9.45. The molecule has 0 aromatic rings. The predicted octanol–water partition coefficient (Wildman–Crippen LogP) is -0.929. The van der Waals surface area contributed by atoms with Crippen molar-refractivity contribution in [3.63, 3.8) is 0 Å². The van der Waals surface area contributed by atoms with Crippen LogP contribution in [0.1, 0.15) is 6.92 Å². The van der Waals surface area contributed by atoms with E-state index in [1.807, 2.05) is 0 Å². The van der Waals surface area contributed by atoms with E-state index in [1.165, 1.54) is 6.92 Å². The fourth-order valence-corrected chi connectivity index (χ4v) is 0. The second-order valence-corrected chi connectivity index (χ2v) is 1.01. The topological polar surface area (TPSA) is 57.5 Å². The number of hydrogen-bond donors (Lipinski definition) is 2. The van der Waals surface area contributed by atoms with Crippen molar-refractivity contribution in [1.82, 2.24) is 0 Å². The van der Waals surface area contributed by atoms with E-state index in [1.54, 1.807) is 0 Å². The van der Waals surface area contributed by atoms with Crippen LogP contribution in [0.15, 0.2) is 0 Å². The molecule has 0 aromatic heterocycles. The summed E-state index contributed by atoms with van der Waals surface area (Å²) in [6.07, 6.45) is -1.23. The van der Waals surface area contributed by atoms with E-state index < -0.39 is 12.1 Å². The normalized spacial score (nSPS) is 11.7. The fraction of sp³-hybridized carbons (Fsp3) is 0.667. The summed E-state index contributed by atoms with van der Waals surface area (Å²) >= 11 is 0. The first-order chi connectivity index (χ1) is 2.64. The van der Waals surface area contributed by atoms with Crippen molar-refractivity contribution < 1.29 is 15.0 Å². The zero-order chi connectivity index (χ0) is 5.15. The van der Waals surface area contributed by atoms with Gasteiger partial charge in [0.05, 0.1) is 0 Å². The molecule has 7 heavy (non-hydrogen) atoms. The van der Waals surface area contributed by atoms with Gasteiger partial charge in [-0.25, -0.2) is 4.79 Å². The molecule has 0 saturated carbocycles. The SMILES string of the molecule is CC(O)C(=O)O.[Ca+2]. The minimum absolute atomic E-state index is 0. The molecule has 0 aliphatic rings. The Morgan fingerprint density at radius 3 is 1.86 bits per heavy atom.